The van der Waals surface area contributed by atoms with Crippen LogP contribution in [0.3, 0.4) is 0 Å². The molecule has 0 saturated carbocycles. The Hall–Kier alpha value is -1.45. The maximum atomic E-state index is 11.9. The maximum Gasteiger partial charge on any atom is 0.291 e. The normalized spacial score (nSPS) is 12.2. The number of nitrogens with one attached hydrogen (secondary N) is 1. The molecule has 0 spiro atoms. The van der Waals surface area contributed by atoms with Crippen molar-refractivity contribution in [1.82, 2.24) is 0 Å². The van der Waals surface area contributed by atoms with Crippen LogP contribution in [0.25, 0.3) is 0 Å². The largest absolute Gasteiger partial charge is 0.440 e. The quantitative estimate of drug-likeness (QED) is 0.844. The van der Waals surface area contributed by atoms with Gasteiger partial charge in [-0.25, -0.2) is 0 Å². The molecule has 1 amide bonds. The molecule has 1 atom stereocenters. The van der Waals surface area contributed by atoms with E-state index in [1.807, 2.05) is 25.1 Å². The van der Waals surface area contributed by atoms with Gasteiger partial charge in [0.1, 0.15) is 0 Å². The summed E-state index contributed by atoms with van der Waals surface area (Å²) in [4.78, 5) is 11.9. The number of rotatable bonds is 3. The van der Waals surface area contributed by atoms with E-state index in [4.69, 9.17) is 27.6 Å². The summed E-state index contributed by atoms with van der Waals surface area (Å²) in [5, 5.41) is 2.73. The van der Waals surface area contributed by atoms with Gasteiger partial charge < -0.3 is 9.73 Å². The van der Waals surface area contributed by atoms with Crippen molar-refractivity contribution in [2.75, 3.05) is 5.32 Å². The van der Waals surface area contributed by atoms with Crippen molar-refractivity contribution in [3.8, 4) is 0 Å². The zero-order valence-corrected chi connectivity index (χ0v) is 11.1. The number of carbonyl (C=O) groups is 1. The van der Waals surface area contributed by atoms with Gasteiger partial charge in [-0.05, 0) is 42.3 Å². The molecule has 0 bridgehead atoms. The summed E-state index contributed by atoms with van der Waals surface area (Å²) >= 11 is 11.7. The summed E-state index contributed by atoms with van der Waals surface area (Å²) in [5.41, 5.74) is 1.52. The van der Waals surface area contributed by atoms with E-state index in [0.29, 0.717) is 5.69 Å². The van der Waals surface area contributed by atoms with Crippen molar-refractivity contribution in [2.45, 2.75) is 12.3 Å². The first-order valence-electron chi connectivity index (χ1n) is 5.37. The number of alkyl halides is 1. The SMILES string of the molecule is CC(Cl)c1ccccc1NC(=O)c1ccc(Cl)o1. The number of hydrogen-bond donors (Lipinski definition) is 1. The van der Waals surface area contributed by atoms with E-state index in [2.05, 4.69) is 5.32 Å². The smallest absolute Gasteiger partial charge is 0.291 e. The Labute approximate surface area is 115 Å². The molecular weight excluding hydrogens is 273 g/mol. The van der Waals surface area contributed by atoms with E-state index >= 15 is 0 Å². The van der Waals surface area contributed by atoms with Crippen molar-refractivity contribution in [3.63, 3.8) is 0 Å². The van der Waals surface area contributed by atoms with Crippen LogP contribution in [0.1, 0.15) is 28.4 Å². The summed E-state index contributed by atoms with van der Waals surface area (Å²) < 4.78 is 5.04. The van der Waals surface area contributed by atoms with Crippen LogP contribution >= 0.6 is 23.2 Å². The van der Waals surface area contributed by atoms with Crippen LogP contribution in [0.2, 0.25) is 5.22 Å². The molecule has 1 heterocycles. The zero-order chi connectivity index (χ0) is 13.1. The third-order valence-corrected chi connectivity index (χ3v) is 2.87. The Bertz CT molecular complexity index is 564. The highest BCUT2D eigenvalue weighted by Crippen LogP contribution is 2.27. The predicted octanol–water partition coefficient (Wildman–Crippen LogP) is 4.49. The molecule has 3 nitrogen and oxygen atoms in total. The number of anilines is 1. The third kappa shape index (κ3) is 2.86. The first-order valence-corrected chi connectivity index (χ1v) is 6.19. The fourth-order valence-electron chi connectivity index (χ4n) is 1.58. The van der Waals surface area contributed by atoms with Crippen LogP contribution in [0.15, 0.2) is 40.8 Å². The van der Waals surface area contributed by atoms with E-state index < -0.39 is 0 Å². The molecule has 0 aliphatic carbocycles. The molecular formula is C13H11Cl2NO2. The second kappa shape index (κ2) is 5.46. The lowest BCUT2D eigenvalue weighted by Crippen LogP contribution is -2.12. The van der Waals surface area contributed by atoms with Gasteiger partial charge in [-0.3, -0.25) is 4.79 Å². The molecule has 0 fully saturated rings. The minimum Gasteiger partial charge on any atom is -0.440 e. The second-order valence-electron chi connectivity index (χ2n) is 3.76. The highest BCUT2D eigenvalue weighted by atomic mass is 35.5. The van der Waals surface area contributed by atoms with Crippen molar-refractivity contribution in [2.24, 2.45) is 0 Å². The molecule has 1 aromatic carbocycles. The Morgan fingerprint density at radius 1 is 1.28 bits per heavy atom. The van der Waals surface area contributed by atoms with Crippen molar-refractivity contribution in [3.05, 3.63) is 52.9 Å². The molecule has 0 radical (unpaired) electrons. The van der Waals surface area contributed by atoms with Gasteiger partial charge in [-0.2, -0.15) is 0 Å². The lowest BCUT2D eigenvalue weighted by molar-refractivity contribution is 0.0996. The fraction of sp³-hybridized carbons (Fsp3) is 0.154. The summed E-state index contributed by atoms with van der Waals surface area (Å²) in [7, 11) is 0. The molecule has 18 heavy (non-hydrogen) atoms. The average molecular weight is 284 g/mol. The van der Waals surface area contributed by atoms with Crippen molar-refractivity contribution < 1.29 is 9.21 Å². The zero-order valence-electron chi connectivity index (χ0n) is 9.61. The van der Waals surface area contributed by atoms with Gasteiger partial charge in [-0.1, -0.05) is 18.2 Å². The molecule has 94 valence electrons. The number of benzene rings is 1. The van der Waals surface area contributed by atoms with Crippen LogP contribution in [0, 0.1) is 0 Å². The number of carbonyl (C=O) groups excluding carboxylic acids is 1. The molecule has 1 N–H and O–H groups in total. The Kier molecular flexibility index (Phi) is 3.94. The minimum atomic E-state index is -0.355. The van der Waals surface area contributed by atoms with Gasteiger partial charge >= 0.3 is 0 Å². The third-order valence-electron chi connectivity index (χ3n) is 2.43. The van der Waals surface area contributed by atoms with Gasteiger partial charge in [0.2, 0.25) is 0 Å². The van der Waals surface area contributed by atoms with Crippen molar-refractivity contribution >= 4 is 34.8 Å². The van der Waals surface area contributed by atoms with E-state index in [1.165, 1.54) is 12.1 Å². The first-order chi connectivity index (χ1) is 8.58. The molecule has 1 aromatic heterocycles. The van der Waals surface area contributed by atoms with Crippen LogP contribution in [-0.2, 0) is 0 Å². The number of hydrogen-bond acceptors (Lipinski definition) is 2. The molecule has 1 unspecified atom stereocenters. The second-order valence-corrected chi connectivity index (χ2v) is 4.79. The van der Waals surface area contributed by atoms with E-state index in [0.717, 1.165) is 5.56 Å². The van der Waals surface area contributed by atoms with Gasteiger partial charge in [0, 0.05) is 5.69 Å². The molecule has 5 heteroatoms. The van der Waals surface area contributed by atoms with Crippen molar-refractivity contribution in [1.29, 1.82) is 0 Å². The van der Waals surface area contributed by atoms with Gasteiger partial charge in [0.05, 0.1) is 5.38 Å². The van der Waals surface area contributed by atoms with Crippen LogP contribution in [0.4, 0.5) is 5.69 Å². The summed E-state index contributed by atoms with van der Waals surface area (Å²) in [5.74, 6) is -0.191. The number of para-hydroxylation sites is 1. The molecule has 2 rings (SSSR count). The molecule has 0 aliphatic rings. The van der Waals surface area contributed by atoms with E-state index in [9.17, 15) is 4.79 Å². The highest BCUT2D eigenvalue weighted by molar-refractivity contribution is 6.29. The summed E-state index contributed by atoms with van der Waals surface area (Å²) in [6, 6.07) is 10.4. The Morgan fingerprint density at radius 2 is 2.00 bits per heavy atom. The van der Waals surface area contributed by atoms with Crippen LogP contribution < -0.4 is 5.32 Å². The Balaban J connectivity index is 2.22. The predicted molar refractivity (Wildman–Crippen MR) is 72.4 cm³/mol. The van der Waals surface area contributed by atoms with Gasteiger partial charge in [0.25, 0.3) is 5.91 Å². The van der Waals surface area contributed by atoms with Crippen LogP contribution in [-0.4, -0.2) is 5.91 Å². The molecule has 0 aliphatic heterocycles. The minimum absolute atomic E-state index is 0.164. The lowest BCUT2D eigenvalue weighted by Gasteiger charge is -2.11. The summed E-state index contributed by atoms with van der Waals surface area (Å²) in [6.07, 6.45) is 0. The Morgan fingerprint density at radius 3 is 2.61 bits per heavy atom. The summed E-state index contributed by atoms with van der Waals surface area (Å²) in [6.45, 7) is 1.84. The maximum absolute atomic E-state index is 11.9. The standard InChI is InChI=1S/C13H11Cl2NO2/c1-8(14)9-4-2-3-5-10(9)16-13(17)11-6-7-12(15)18-11/h2-8H,1H3,(H,16,17). The number of amides is 1. The average Bonchev–Trinajstić information content (AvgIpc) is 2.76. The van der Waals surface area contributed by atoms with Crippen LogP contribution in [0.5, 0.6) is 0 Å². The van der Waals surface area contributed by atoms with Gasteiger partial charge in [-0.15, -0.1) is 11.6 Å². The lowest BCUT2D eigenvalue weighted by atomic mass is 10.1. The highest BCUT2D eigenvalue weighted by Gasteiger charge is 2.14. The number of furan rings is 1. The first kappa shape index (κ1) is 13.0. The van der Waals surface area contributed by atoms with E-state index in [-0.39, 0.29) is 22.3 Å². The van der Waals surface area contributed by atoms with E-state index in [1.54, 1.807) is 6.07 Å². The monoisotopic (exact) mass is 283 g/mol. The number of halogens is 2. The van der Waals surface area contributed by atoms with Gasteiger partial charge in [0.15, 0.2) is 11.0 Å². The molecule has 2 aromatic rings. The fourth-order valence-corrected chi connectivity index (χ4v) is 1.91. The topological polar surface area (TPSA) is 42.2 Å². The molecule has 0 saturated heterocycles.